The highest BCUT2D eigenvalue weighted by molar-refractivity contribution is 5.81. The number of benzene rings is 1. The molecule has 21 heavy (non-hydrogen) atoms. The first-order valence-corrected chi connectivity index (χ1v) is 7.68. The Morgan fingerprint density at radius 1 is 1.24 bits per heavy atom. The molecular formula is C17H19N3O. The first-order valence-electron chi connectivity index (χ1n) is 7.68. The van der Waals surface area contributed by atoms with Gasteiger partial charge >= 0.3 is 0 Å². The van der Waals surface area contributed by atoms with Gasteiger partial charge in [-0.05, 0) is 36.8 Å². The van der Waals surface area contributed by atoms with E-state index in [-0.39, 0.29) is 23.9 Å². The van der Waals surface area contributed by atoms with Crippen LogP contribution in [0, 0.1) is 5.92 Å². The molecule has 0 bridgehead atoms. The number of aryl methyl sites for hydroxylation is 1. The van der Waals surface area contributed by atoms with Crippen molar-refractivity contribution in [2.24, 2.45) is 5.92 Å². The Kier molecular flexibility index (Phi) is 3.02. The molecule has 2 aromatic rings. The van der Waals surface area contributed by atoms with E-state index >= 15 is 0 Å². The summed E-state index contributed by atoms with van der Waals surface area (Å²) in [6.07, 6.45) is 9.81. The van der Waals surface area contributed by atoms with Crippen molar-refractivity contribution in [1.29, 1.82) is 0 Å². The minimum Gasteiger partial charge on any atom is -0.347 e. The fourth-order valence-corrected chi connectivity index (χ4v) is 3.32. The van der Waals surface area contributed by atoms with Crippen molar-refractivity contribution in [2.75, 3.05) is 0 Å². The van der Waals surface area contributed by atoms with E-state index in [1.165, 1.54) is 11.1 Å². The van der Waals surface area contributed by atoms with Crippen molar-refractivity contribution in [3.8, 4) is 0 Å². The average molecular weight is 281 g/mol. The summed E-state index contributed by atoms with van der Waals surface area (Å²) in [6, 6.07) is 8.77. The predicted molar refractivity (Wildman–Crippen MR) is 79.6 cm³/mol. The molecule has 1 amide bonds. The van der Waals surface area contributed by atoms with Gasteiger partial charge in [-0.2, -0.15) is 0 Å². The van der Waals surface area contributed by atoms with Crippen LogP contribution in [0.15, 0.2) is 43.0 Å². The van der Waals surface area contributed by atoms with Crippen LogP contribution in [0.25, 0.3) is 0 Å². The molecule has 2 unspecified atom stereocenters. The van der Waals surface area contributed by atoms with Gasteiger partial charge in [0.25, 0.3) is 0 Å². The second-order valence-electron chi connectivity index (χ2n) is 6.08. The van der Waals surface area contributed by atoms with Gasteiger partial charge in [-0.1, -0.05) is 24.3 Å². The van der Waals surface area contributed by atoms with E-state index in [4.69, 9.17) is 0 Å². The van der Waals surface area contributed by atoms with Gasteiger partial charge in [0.05, 0.1) is 18.4 Å². The van der Waals surface area contributed by atoms with Crippen LogP contribution in [0.5, 0.6) is 0 Å². The van der Waals surface area contributed by atoms with Crippen molar-refractivity contribution in [3.05, 3.63) is 54.1 Å². The van der Waals surface area contributed by atoms with Crippen LogP contribution >= 0.6 is 0 Å². The van der Waals surface area contributed by atoms with Crippen LogP contribution in [0.4, 0.5) is 0 Å². The van der Waals surface area contributed by atoms with Gasteiger partial charge in [-0.3, -0.25) is 4.79 Å². The second-order valence-corrected chi connectivity index (χ2v) is 6.08. The molecule has 108 valence electrons. The maximum Gasteiger partial charge on any atom is 0.223 e. The number of aromatic nitrogens is 2. The zero-order chi connectivity index (χ0) is 14.2. The molecule has 2 aliphatic carbocycles. The van der Waals surface area contributed by atoms with E-state index in [0.29, 0.717) is 0 Å². The average Bonchev–Trinajstić information content (AvgIpc) is 3.23. The fraction of sp³-hybridized carbons (Fsp3) is 0.412. The largest absolute Gasteiger partial charge is 0.347 e. The summed E-state index contributed by atoms with van der Waals surface area (Å²) >= 11 is 0. The third kappa shape index (κ3) is 2.35. The maximum atomic E-state index is 12.3. The lowest BCUT2D eigenvalue weighted by atomic mass is 9.83. The quantitative estimate of drug-likeness (QED) is 0.940. The van der Waals surface area contributed by atoms with Crippen molar-refractivity contribution in [2.45, 2.75) is 37.8 Å². The van der Waals surface area contributed by atoms with E-state index in [9.17, 15) is 4.79 Å². The molecule has 0 spiro atoms. The molecule has 0 saturated heterocycles. The Morgan fingerprint density at radius 2 is 2.10 bits per heavy atom. The Hall–Kier alpha value is -2.10. The molecule has 1 aromatic heterocycles. The standard InChI is InChI=1S/C17H19N3O/c21-17(13-5-6-13)19-16-14-4-2-1-3-12(14)7-8-15(16)20-10-9-18-11-20/h1-4,9-11,13,15-16H,5-8H2,(H,19,21). The highest BCUT2D eigenvalue weighted by atomic mass is 16.2. The molecule has 1 N–H and O–H groups in total. The van der Waals surface area contributed by atoms with Crippen molar-refractivity contribution in [1.82, 2.24) is 14.9 Å². The van der Waals surface area contributed by atoms with Gasteiger partial charge in [0.1, 0.15) is 0 Å². The van der Waals surface area contributed by atoms with Crippen molar-refractivity contribution in [3.63, 3.8) is 0 Å². The van der Waals surface area contributed by atoms with Crippen LogP contribution in [0.2, 0.25) is 0 Å². The Bertz CT molecular complexity index is 646. The lowest BCUT2D eigenvalue weighted by molar-refractivity contribution is -0.123. The molecule has 4 nitrogen and oxygen atoms in total. The molecule has 1 saturated carbocycles. The fourth-order valence-electron chi connectivity index (χ4n) is 3.32. The van der Waals surface area contributed by atoms with Crippen molar-refractivity contribution >= 4 is 5.91 Å². The Balaban J connectivity index is 1.69. The van der Waals surface area contributed by atoms with Crippen LogP contribution in [-0.2, 0) is 11.2 Å². The number of imidazole rings is 1. The normalized spacial score (nSPS) is 24.4. The summed E-state index contributed by atoms with van der Waals surface area (Å²) in [4.78, 5) is 16.4. The zero-order valence-electron chi connectivity index (χ0n) is 11.9. The zero-order valence-corrected chi connectivity index (χ0v) is 11.9. The summed E-state index contributed by atoms with van der Waals surface area (Å²) in [5.74, 6) is 0.448. The van der Waals surface area contributed by atoms with Crippen LogP contribution in [0.3, 0.4) is 0 Å². The highest BCUT2D eigenvalue weighted by Crippen LogP contribution is 2.39. The molecule has 0 radical (unpaired) electrons. The molecule has 4 rings (SSSR count). The van der Waals surface area contributed by atoms with E-state index in [0.717, 1.165) is 25.7 Å². The SMILES string of the molecule is O=C(NC1c2ccccc2CCC1n1ccnc1)C1CC1. The number of amides is 1. The Labute approximate surface area is 124 Å². The summed E-state index contributed by atoms with van der Waals surface area (Å²) < 4.78 is 2.13. The maximum absolute atomic E-state index is 12.3. The number of hydrogen-bond acceptors (Lipinski definition) is 2. The van der Waals surface area contributed by atoms with E-state index in [1.54, 1.807) is 6.20 Å². The Morgan fingerprint density at radius 3 is 2.86 bits per heavy atom. The first-order chi connectivity index (χ1) is 10.3. The van der Waals surface area contributed by atoms with Gasteiger partial charge < -0.3 is 9.88 Å². The molecule has 1 aromatic carbocycles. The summed E-state index contributed by atoms with van der Waals surface area (Å²) in [5, 5.41) is 3.29. The summed E-state index contributed by atoms with van der Waals surface area (Å²) in [6.45, 7) is 0. The molecule has 2 atom stereocenters. The monoisotopic (exact) mass is 281 g/mol. The third-order valence-electron chi connectivity index (χ3n) is 4.64. The number of rotatable bonds is 3. The molecule has 1 heterocycles. The lowest BCUT2D eigenvalue weighted by Gasteiger charge is -2.35. The van der Waals surface area contributed by atoms with Crippen LogP contribution in [0.1, 0.15) is 42.5 Å². The van der Waals surface area contributed by atoms with Gasteiger partial charge in [-0.25, -0.2) is 4.98 Å². The predicted octanol–water partition coefficient (Wildman–Crippen LogP) is 2.64. The number of nitrogens with one attached hydrogen (secondary N) is 1. The van der Waals surface area contributed by atoms with Gasteiger partial charge in [0, 0.05) is 18.3 Å². The van der Waals surface area contributed by atoms with Crippen molar-refractivity contribution < 1.29 is 4.79 Å². The van der Waals surface area contributed by atoms with E-state index in [1.807, 2.05) is 12.5 Å². The second kappa shape index (κ2) is 5.02. The van der Waals surface area contributed by atoms with Gasteiger partial charge in [-0.15, -0.1) is 0 Å². The molecule has 4 heteroatoms. The summed E-state index contributed by atoms with van der Waals surface area (Å²) in [7, 11) is 0. The number of carbonyl (C=O) groups is 1. The molecule has 2 aliphatic rings. The number of fused-ring (bicyclic) bond motifs is 1. The first kappa shape index (κ1) is 12.6. The molecular weight excluding hydrogens is 262 g/mol. The third-order valence-corrected chi connectivity index (χ3v) is 4.64. The number of nitrogens with zero attached hydrogens (tertiary/aromatic N) is 2. The molecule has 1 fully saturated rings. The highest BCUT2D eigenvalue weighted by Gasteiger charge is 2.36. The van der Waals surface area contributed by atoms with Gasteiger partial charge in [0.15, 0.2) is 0 Å². The van der Waals surface area contributed by atoms with E-state index < -0.39 is 0 Å². The topological polar surface area (TPSA) is 46.9 Å². The minimum atomic E-state index is 0.0530. The summed E-state index contributed by atoms with van der Waals surface area (Å²) in [5.41, 5.74) is 2.62. The van der Waals surface area contributed by atoms with Gasteiger partial charge in [0.2, 0.25) is 5.91 Å². The lowest BCUT2D eigenvalue weighted by Crippen LogP contribution is -2.38. The number of carbonyl (C=O) groups excluding carboxylic acids is 1. The number of hydrogen-bond donors (Lipinski definition) is 1. The smallest absolute Gasteiger partial charge is 0.223 e. The molecule has 0 aliphatic heterocycles. The van der Waals surface area contributed by atoms with Crippen LogP contribution in [-0.4, -0.2) is 15.5 Å². The van der Waals surface area contributed by atoms with E-state index in [2.05, 4.69) is 39.1 Å². The minimum absolute atomic E-state index is 0.0530. The van der Waals surface area contributed by atoms with Crippen LogP contribution < -0.4 is 5.32 Å².